The number of carbonyl (C=O) groups is 2. The van der Waals surface area contributed by atoms with Crippen LogP contribution >= 0.6 is 11.3 Å². The van der Waals surface area contributed by atoms with Crippen molar-refractivity contribution in [3.05, 3.63) is 45.8 Å². The van der Waals surface area contributed by atoms with Gasteiger partial charge in [0.25, 0.3) is 11.8 Å². The average molecular weight is 370 g/mol. The Morgan fingerprint density at radius 1 is 1.35 bits per heavy atom. The van der Waals surface area contributed by atoms with Crippen LogP contribution in [-0.2, 0) is 0 Å². The molecule has 0 radical (unpaired) electrons. The lowest BCUT2D eigenvalue weighted by Crippen LogP contribution is -2.28. The van der Waals surface area contributed by atoms with E-state index in [0.29, 0.717) is 29.2 Å². The van der Waals surface area contributed by atoms with Gasteiger partial charge in [-0.05, 0) is 19.4 Å². The lowest BCUT2D eigenvalue weighted by molar-refractivity contribution is 0.0794. The van der Waals surface area contributed by atoms with E-state index in [2.05, 4.69) is 20.4 Å². The first-order valence-electron chi connectivity index (χ1n) is 8.34. The third kappa shape index (κ3) is 2.64. The summed E-state index contributed by atoms with van der Waals surface area (Å²) in [4.78, 5) is 35.7. The van der Waals surface area contributed by atoms with Crippen LogP contribution in [0.4, 0.5) is 0 Å². The van der Waals surface area contributed by atoms with E-state index in [0.717, 1.165) is 17.8 Å². The van der Waals surface area contributed by atoms with Gasteiger partial charge in [-0.2, -0.15) is 5.10 Å². The molecule has 134 valence electrons. The van der Waals surface area contributed by atoms with Crippen molar-refractivity contribution in [2.24, 2.45) is 0 Å². The molecule has 0 aromatic carbocycles. The first kappa shape index (κ1) is 16.6. The molecule has 0 bridgehead atoms. The van der Waals surface area contributed by atoms with Crippen molar-refractivity contribution in [3.63, 3.8) is 0 Å². The monoisotopic (exact) mass is 370 g/mol. The molecule has 1 atom stereocenters. The van der Waals surface area contributed by atoms with Crippen molar-refractivity contribution >= 4 is 28.8 Å². The molecule has 4 heterocycles. The van der Waals surface area contributed by atoms with E-state index in [1.807, 2.05) is 17.9 Å². The van der Waals surface area contributed by atoms with Crippen LogP contribution in [0.1, 0.15) is 43.8 Å². The molecular formula is C17H18N6O2S. The van der Waals surface area contributed by atoms with Crippen LogP contribution in [0.25, 0.3) is 5.65 Å². The molecule has 4 rings (SSSR count). The van der Waals surface area contributed by atoms with Gasteiger partial charge in [-0.15, -0.1) is 11.3 Å². The quantitative estimate of drug-likeness (QED) is 0.754. The summed E-state index contributed by atoms with van der Waals surface area (Å²) in [6, 6.07) is 1.91. The number of thiazole rings is 1. The molecular weight excluding hydrogens is 352 g/mol. The number of hydrogen-bond acceptors (Lipinski definition) is 6. The summed E-state index contributed by atoms with van der Waals surface area (Å²) in [6.45, 7) is 3.16. The fourth-order valence-electron chi connectivity index (χ4n) is 3.35. The lowest BCUT2D eigenvalue weighted by atomic mass is 10.0. The molecule has 3 aromatic rings. The Hall–Kier alpha value is -2.81. The topological polar surface area (TPSA) is 92.5 Å². The van der Waals surface area contributed by atoms with E-state index in [9.17, 15) is 9.59 Å². The highest BCUT2D eigenvalue weighted by atomic mass is 32.1. The Morgan fingerprint density at radius 3 is 2.92 bits per heavy atom. The van der Waals surface area contributed by atoms with E-state index < -0.39 is 0 Å². The summed E-state index contributed by atoms with van der Waals surface area (Å²) in [6.07, 6.45) is 4.07. The summed E-state index contributed by atoms with van der Waals surface area (Å²) < 4.78 is 1.71. The normalized spacial score (nSPS) is 17.0. The van der Waals surface area contributed by atoms with E-state index in [-0.39, 0.29) is 17.7 Å². The molecule has 1 saturated heterocycles. The number of likely N-dealkylation sites (tertiary alicyclic amines) is 1. The molecule has 0 saturated carbocycles. The number of amides is 2. The van der Waals surface area contributed by atoms with Gasteiger partial charge in [0, 0.05) is 32.3 Å². The Bertz CT molecular complexity index is 994. The number of aryl methyl sites for hydroxylation is 1. The average Bonchev–Trinajstić information content (AvgIpc) is 3.39. The Kier molecular flexibility index (Phi) is 4.15. The number of rotatable bonds is 3. The van der Waals surface area contributed by atoms with Crippen molar-refractivity contribution in [3.8, 4) is 0 Å². The number of carbonyl (C=O) groups excluding carboxylic acids is 2. The molecule has 0 aliphatic carbocycles. The zero-order valence-electron chi connectivity index (χ0n) is 14.5. The third-order valence-corrected chi connectivity index (χ3v) is 5.65. The van der Waals surface area contributed by atoms with Crippen molar-refractivity contribution in [1.82, 2.24) is 29.8 Å². The van der Waals surface area contributed by atoms with Gasteiger partial charge in [-0.25, -0.2) is 14.5 Å². The second-order valence-electron chi connectivity index (χ2n) is 6.25. The zero-order chi connectivity index (χ0) is 18.3. The molecule has 8 nitrogen and oxygen atoms in total. The minimum absolute atomic E-state index is 0.0318. The highest BCUT2D eigenvalue weighted by Crippen LogP contribution is 2.29. The van der Waals surface area contributed by atoms with E-state index in [1.54, 1.807) is 23.3 Å². The third-order valence-electron chi connectivity index (χ3n) is 4.74. The molecule has 1 aliphatic heterocycles. The predicted molar refractivity (Wildman–Crippen MR) is 96.5 cm³/mol. The van der Waals surface area contributed by atoms with Crippen molar-refractivity contribution < 1.29 is 9.59 Å². The maximum absolute atomic E-state index is 12.7. The lowest BCUT2D eigenvalue weighted by Gasteiger charge is -2.16. The highest BCUT2D eigenvalue weighted by Gasteiger charge is 2.31. The number of nitrogens with zero attached hydrogens (tertiary/aromatic N) is 5. The Morgan fingerprint density at radius 2 is 2.19 bits per heavy atom. The van der Waals surface area contributed by atoms with Crippen molar-refractivity contribution in [2.75, 3.05) is 20.1 Å². The number of nitrogens with one attached hydrogen (secondary N) is 1. The molecule has 0 unspecified atom stereocenters. The van der Waals surface area contributed by atoms with Crippen LogP contribution < -0.4 is 5.32 Å². The summed E-state index contributed by atoms with van der Waals surface area (Å²) in [5.41, 5.74) is 4.41. The largest absolute Gasteiger partial charge is 0.355 e. The summed E-state index contributed by atoms with van der Waals surface area (Å²) in [7, 11) is 1.58. The highest BCUT2D eigenvalue weighted by molar-refractivity contribution is 7.11. The predicted octanol–water partition coefficient (Wildman–Crippen LogP) is 1.48. The van der Waals surface area contributed by atoms with Crippen LogP contribution in [0.3, 0.4) is 0 Å². The fraction of sp³-hybridized carbons (Fsp3) is 0.353. The zero-order valence-corrected chi connectivity index (χ0v) is 15.3. The van der Waals surface area contributed by atoms with Crippen LogP contribution in [0, 0.1) is 6.92 Å². The van der Waals surface area contributed by atoms with E-state index >= 15 is 0 Å². The van der Waals surface area contributed by atoms with Gasteiger partial charge < -0.3 is 10.2 Å². The van der Waals surface area contributed by atoms with Crippen LogP contribution in [0.15, 0.2) is 24.0 Å². The van der Waals surface area contributed by atoms with Crippen molar-refractivity contribution in [1.29, 1.82) is 0 Å². The number of hydrogen-bond donors (Lipinski definition) is 1. The van der Waals surface area contributed by atoms with Gasteiger partial charge in [0.1, 0.15) is 10.4 Å². The second kappa shape index (κ2) is 6.49. The standard InChI is InChI=1S/C17H18N6O2S/c1-10-14(26-9-20-10)17(25)22-6-4-11(8-22)13-3-5-19-15-12(16(24)18-2)7-21-23(13)15/h3,5,7,9,11H,4,6,8H2,1-2H3,(H,18,24)/t11-/m1/s1. The van der Waals surface area contributed by atoms with Crippen molar-refractivity contribution in [2.45, 2.75) is 19.3 Å². The first-order chi connectivity index (χ1) is 12.6. The Labute approximate surface area is 153 Å². The van der Waals surface area contributed by atoms with Crippen LogP contribution in [0.5, 0.6) is 0 Å². The molecule has 3 aromatic heterocycles. The van der Waals surface area contributed by atoms with Gasteiger partial charge in [0.05, 0.1) is 23.1 Å². The SMILES string of the molecule is CNC(=O)c1cnn2c([C@@H]3CCN(C(=O)c4scnc4C)C3)ccnc12. The van der Waals surface area contributed by atoms with Gasteiger partial charge in [-0.1, -0.05) is 0 Å². The molecule has 1 fully saturated rings. The minimum Gasteiger partial charge on any atom is -0.355 e. The molecule has 26 heavy (non-hydrogen) atoms. The molecule has 2 amide bonds. The maximum Gasteiger partial charge on any atom is 0.265 e. The molecule has 1 aliphatic rings. The van der Waals surface area contributed by atoms with Crippen LogP contribution in [0.2, 0.25) is 0 Å². The Balaban J connectivity index is 1.61. The minimum atomic E-state index is -0.214. The molecule has 9 heteroatoms. The van der Waals surface area contributed by atoms with E-state index in [4.69, 9.17) is 0 Å². The molecule has 1 N–H and O–H groups in total. The van der Waals surface area contributed by atoms with E-state index in [1.165, 1.54) is 17.5 Å². The second-order valence-corrected chi connectivity index (χ2v) is 7.10. The maximum atomic E-state index is 12.7. The summed E-state index contributed by atoms with van der Waals surface area (Å²) in [5, 5.41) is 6.95. The molecule has 0 spiro atoms. The number of aromatic nitrogens is 4. The smallest absolute Gasteiger partial charge is 0.265 e. The fourth-order valence-corrected chi connectivity index (χ4v) is 4.12. The summed E-state index contributed by atoms with van der Waals surface area (Å²) >= 11 is 1.38. The van der Waals surface area contributed by atoms with Crippen LogP contribution in [-0.4, -0.2) is 56.4 Å². The van der Waals surface area contributed by atoms with Gasteiger partial charge >= 0.3 is 0 Å². The number of fused-ring (bicyclic) bond motifs is 1. The first-order valence-corrected chi connectivity index (χ1v) is 9.22. The van der Waals surface area contributed by atoms with Gasteiger partial charge in [0.2, 0.25) is 0 Å². The van der Waals surface area contributed by atoms with Gasteiger partial charge in [0.15, 0.2) is 5.65 Å². The summed E-state index contributed by atoms with van der Waals surface area (Å²) in [5.74, 6) is -0.0343. The van der Waals surface area contributed by atoms with Gasteiger partial charge in [-0.3, -0.25) is 9.59 Å².